The topological polar surface area (TPSA) is 103 Å². The van der Waals surface area contributed by atoms with E-state index in [-0.39, 0.29) is 0 Å². The van der Waals surface area contributed by atoms with Gasteiger partial charge in [0, 0.05) is 23.5 Å². The lowest BCUT2D eigenvalue weighted by Crippen LogP contribution is -2.12. The Hall–Kier alpha value is -3.18. The van der Waals surface area contributed by atoms with Crippen LogP contribution in [0.2, 0.25) is 0 Å². The Kier molecular flexibility index (Phi) is 4.84. The predicted octanol–water partition coefficient (Wildman–Crippen LogP) is 2.95. The van der Waals surface area contributed by atoms with Crippen molar-refractivity contribution in [3.05, 3.63) is 48.8 Å². The molecule has 8 heteroatoms. The highest BCUT2D eigenvalue weighted by Crippen LogP contribution is 2.22. The summed E-state index contributed by atoms with van der Waals surface area (Å²) >= 11 is 1.37. The molecular weight excluding hydrogens is 322 g/mol. The lowest BCUT2D eigenvalue weighted by atomic mass is 10.2. The number of hydrogen-bond acceptors (Lipinski definition) is 6. The third kappa shape index (κ3) is 3.59. The Morgan fingerprint density at radius 3 is 2.75 bits per heavy atom. The Labute approximate surface area is 142 Å². The van der Waals surface area contributed by atoms with Crippen molar-refractivity contribution in [1.82, 2.24) is 25.5 Å². The second kappa shape index (κ2) is 7.39. The lowest BCUT2D eigenvalue weighted by molar-refractivity contribution is 1.10. The molecule has 0 spiro atoms. The van der Waals surface area contributed by atoms with Gasteiger partial charge in [0.1, 0.15) is 0 Å². The molecule has 0 saturated heterocycles. The summed E-state index contributed by atoms with van der Waals surface area (Å²) in [4.78, 5) is 12.9. The second-order valence-corrected chi connectivity index (χ2v) is 5.45. The highest BCUT2D eigenvalue weighted by Gasteiger charge is 2.07. The minimum absolute atomic E-state index is 0.545. The summed E-state index contributed by atoms with van der Waals surface area (Å²) in [6, 6.07) is 11.3. The number of nitriles is 1. The summed E-state index contributed by atoms with van der Waals surface area (Å²) < 4.78 is 0. The third-order valence-corrected chi connectivity index (χ3v) is 3.71. The molecule has 0 unspecified atom stereocenters. The molecule has 0 aliphatic rings. The molecule has 24 heavy (non-hydrogen) atoms. The quantitative estimate of drug-likeness (QED) is 0.330. The summed E-state index contributed by atoms with van der Waals surface area (Å²) in [5.41, 5.74) is 2.50. The van der Waals surface area contributed by atoms with Crippen molar-refractivity contribution >= 4 is 22.6 Å². The van der Waals surface area contributed by atoms with Crippen molar-refractivity contribution < 1.29 is 0 Å². The van der Waals surface area contributed by atoms with Crippen molar-refractivity contribution in [2.24, 2.45) is 4.99 Å². The first-order valence-corrected chi connectivity index (χ1v) is 8.23. The number of aromatic nitrogens is 4. The fourth-order valence-electron chi connectivity index (χ4n) is 2.00. The zero-order valence-electron chi connectivity index (χ0n) is 12.8. The molecule has 0 atom stereocenters. The molecule has 1 aromatic carbocycles. The van der Waals surface area contributed by atoms with Gasteiger partial charge in [-0.05, 0) is 42.7 Å². The molecule has 0 bridgehead atoms. The van der Waals surface area contributed by atoms with Crippen LogP contribution in [-0.2, 0) is 0 Å². The van der Waals surface area contributed by atoms with Crippen LogP contribution in [0.3, 0.4) is 0 Å². The summed E-state index contributed by atoms with van der Waals surface area (Å²) in [5.74, 6) is 1.27. The van der Waals surface area contributed by atoms with Gasteiger partial charge in [-0.2, -0.15) is 10.4 Å². The normalized spacial score (nSPS) is 11.1. The number of rotatable bonds is 3. The molecule has 0 saturated carbocycles. The van der Waals surface area contributed by atoms with Gasteiger partial charge in [-0.1, -0.05) is 11.8 Å². The van der Waals surface area contributed by atoms with Gasteiger partial charge in [0.15, 0.2) is 23.0 Å². The summed E-state index contributed by atoms with van der Waals surface area (Å²) in [7, 11) is 0. The number of H-pyrrole nitrogens is 1. The smallest absolute Gasteiger partial charge is 0.183 e. The van der Waals surface area contributed by atoms with Gasteiger partial charge in [0.05, 0.1) is 5.69 Å². The molecule has 7 nitrogen and oxygen atoms in total. The molecule has 0 amide bonds. The molecule has 118 valence electrons. The molecule has 3 aromatic rings. The van der Waals surface area contributed by atoms with Crippen molar-refractivity contribution in [2.45, 2.75) is 0 Å². The minimum Gasteiger partial charge on any atom is -0.271 e. The van der Waals surface area contributed by atoms with Crippen LogP contribution in [0.25, 0.3) is 22.8 Å². The van der Waals surface area contributed by atoms with Crippen LogP contribution in [0.4, 0.5) is 5.69 Å². The van der Waals surface area contributed by atoms with Gasteiger partial charge in [-0.3, -0.25) is 15.4 Å². The zero-order chi connectivity index (χ0) is 16.8. The number of nitrogens with one attached hydrogen (secondary N) is 2. The fraction of sp³-hybridized carbons (Fsp3) is 0.0625. The molecular formula is C16H13N7S. The van der Waals surface area contributed by atoms with Crippen molar-refractivity contribution in [3.63, 3.8) is 0 Å². The van der Waals surface area contributed by atoms with Crippen LogP contribution < -0.4 is 5.32 Å². The van der Waals surface area contributed by atoms with E-state index in [9.17, 15) is 0 Å². The molecule has 0 radical (unpaired) electrons. The van der Waals surface area contributed by atoms with Crippen LogP contribution in [0, 0.1) is 11.5 Å². The summed E-state index contributed by atoms with van der Waals surface area (Å²) in [5, 5.41) is 18.9. The average molecular weight is 335 g/mol. The summed E-state index contributed by atoms with van der Waals surface area (Å²) in [6.45, 7) is 0. The molecule has 0 aliphatic heterocycles. The Morgan fingerprint density at radius 2 is 2.08 bits per heavy atom. The van der Waals surface area contributed by atoms with Gasteiger partial charge in [0.2, 0.25) is 0 Å². The Balaban J connectivity index is 1.82. The van der Waals surface area contributed by atoms with Gasteiger partial charge in [0.25, 0.3) is 0 Å². The first-order valence-electron chi connectivity index (χ1n) is 7.01. The van der Waals surface area contributed by atoms with Gasteiger partial charge >= 0.3 is 0 Å². The van der Waals surface area contributed by atoms with Crippen molar-refractivity contribution in [1.29, 1.82) is 5.26 Å². The van der Waals surface area contributed by atoms with Crippen LogP contribution >= 0.6 is 11.8 Å². The number of aromatic amines is 1. The first kappa shape index (κ1) is 15.7. The van der Waals surface area contributed by atoms with Crippen molar-refractivity contribution in [3.8, 4) is 29.0 Å². The van der Waals surface area contributed by atoms with Crippen LogP contribution in [0.1, 0.15) is 0 Å². The Bertz CT molecular complexity index is 879. The number of amidine groups is 1. The standard InChI is InChI=1S/C16H13N7S/c1-24-16(19-10-17)20-13-6-4-11(5-7-13)14-21-15(23-22-14)12-3-2-8-18-9-12/h2-9H,1H3,(H,19,20)(H,21,22,23). The van der Waals surface area contributed by atoms with Crippen molar-refractivity contribution in [2.75, 3.05) is 6.26 Å². The van der Waals surface area contributed by atoms with E-state index in [4.69, 9.17) is 5.26 Å². The minimum atomic E-state index is 0.545. The van der Waals surface area contributed by atoms with E-state index in [2.05, 4.69) is 30.5 Å². The molecule has 3 rings (SSSR count). The van der Waals surface area contributed by atoms with E-state index < -0.39 is 0 Å². The van der Waals surface area contributed by atoms with E-state index in [1.54, 1.807) is 12.4 Å². The maximum absolute atomic E-state index is 8.66. The first-order chi connectivity index (χ1) is 11.8. The molecule has 2 heterocycles. The molecule has 0 aliphatic carbocycles. The number of aliphatic imine (C=N–C) groups is 1. The van der Waals surface area contributed by atoms with Crippen LogP contribution in [-0.4, -0.2) is 31.6 Å². The van der Waals surface area contributed by atoms with Gasteiger partial charge < -0.3 is 0 Å². The van der Waals surface area contributed by atoms with Crippen LogP contribution in [0.15, 0.2) is 53.8 Å². The molecule has 2 aromatic heterocycles. The predicted molar refractivity (Wildman–Crippen MR) is 94.4 cm³/mol. The maximum Gasteiger partial charge on any atom is 0.183 e. The highest BCUT2D eigenvalue weighted by molar-refractivity contribution is 8.13. The largest absolute Gasteiger partial charge is 0.271 e. The zero-order valence-corrected chi connectivity index (χ0v) is 13.6. The van der Waals surface area contributed by atoms with E-state index in [0.29, 0.717) is 16.8 Å². The van der Waals surface area contributed by atoms with Gasteiger partial charge in [-0.25, -0.2) is 9.98 Å². The number of thioether (sulfide) groups is 1. The van der Waals surface area contributed by atoms with E-state index >= 15 is 0 Å². The van der Waals surface area contributed by atoms with Gasteiger partial charge in [-0.15, -0.1) is 0 Å². The average Bonchev–Trinajstić information content (AvgIpc) is 3.13. The molecule has 2 N–H and O–H groups in total. The molecule has 0 fully saturated rings. The Morgan fingerprint density at radius 1 is 1.25 bits per heavy atom. The fourth-order valence-corrected chi connectivity index (χ4v) is 2.34. The monoisotopic (exact) mass is 335 g/mol. The van der Waals surface area contributed by atoms with E-state index in [0.717, 1.165) is 16.8 Å². The number of benzene rings is 1. The maximum atomic E-state index is 8.66. The highest BCUT2D eigenvalue weighted by atomic mass is 32.2. The summed E-state index contributed by atoms with van der Waals surface area (Å²) in [6.07, 6.45) is 7.15. The second-order valence-electron chi connectivity index (χ2n) is 4.65. The third-order valence-electron chi connectivity index (χ3n) is 3.13. The van der Waals surface area contributed by atoms with Crippen LogP contribution in [0.5, 0.6) is 0 Å². The lowest BCUT2D eigenvalue weighted by Gasteiger charge is -2.01. The van der Waals surface area contributed by atoms with E-state index in [1.165, 1.54) is 11.8 Å². The number of hydrogen-bond donors (Lipinski definition) is 2. The SMILES string of the molecule is CSC(=Nc1ccc(-c2nc(-c3cccnc3)n[nH]2)cc1)NC#N. The van der Waals surface area contributed by atoms with E-state index in [1.807, 2.05) is 48.8 Å². The number of pyridine rings is 1. The number of nitrogens with zero attached hydrogens (tertiary/aromatic N) is 5.